The highest BCUT2D eigenvalue weighted by atomic mass is 35.5. The van der Waals surface area contributed by atoms with Crippen LogP contribution in [-0.2, 0) is 16.6 Å². The zero-order chi connectivity index (χ0) is 23.2. The van der Waals surface area contributed by atoms with Crippen molar-refractivity contribution < 1.29 is 9.18 Å². The Morgan fingerprint density at radius 1 is 1.06 bits per heavy atom. The molecule has 164 valence electrons. The highest BCUT2D eigenvalue weighted by Gasteiger charge is 2.44. The molecule has 1 aliphatic rings. The number of halogens is 2. The number of hydrogen-bond donors (Lipinski definition) is 2. The maximum atomic E-state index is 13.8. The van der Waals surface area contributed by atoms with Gasteiger partial charge in [0.25, 0.3) is 0 Å². The van der Waals surface area contributed by atoms with Crippen molar-refractivity contribution in [2.24, 2.45) is 0 Å². The van der Waals surface area contributed by atoms with E-state index in [0.717, 1.165) is 16.7 Å². The van der Waals surface area contributed by atoms with Gasteiger partial charge in [-0.25, -0.2) is 19.3 Å². The van der Waals surface area contributed by atoms with Gasteiger partial charge in [0.05, 0.1) is 34.2 Å². The van der Waals surface area contributed by atoms with Crippen molar-refractivity contribution in [3.05, 3.63) is 83.4 Å². The summed E-state index contributed by atoms with van der Waals surface area (Å²) in [7, 11) is 0. The van der Waals surface area contributed by atoms with Crippen LogP contribution in [0.3, 0.4) is 0 Å². The van der Waals surface area contributed by atoms with E-state index >= 15 is 0 Å². The summed E-state index contributed by atoms with van der Waals surface area (Å²) in [6.07, 6.45) is 8.24. The van der Waals surface area contributed by atoms with Gasteiger partial charge in [0.1, 0.15) is 18.0 Å². The fraction of sp³-hybridized carbons (Fsp3) is 0.125. The number of fused-ring (bicyclic) bond motifs is 1. The summed E-state index contributed by atoms with van der Waals surface area (Å²) >= 11 is 6.05. The molecule has 0 radical (unpaired) electrons. The molecule has 1 aliphatic heterocycles. The van der Waals surface area contributed by atoms with Crippen molar-refractivity contribution in [1.29, 1.82) is 0 Å². The summed E-state index contributed by atoms with van der Waals surface area (Å²) in [5.41, 5.74) is 9.77. The Labute approximate surface area is 193 Å². The maximum absolute atomic E-state index is 13.8. The number of carbonyl (C=O) groups excluding carboxylic acids is 1. The number of anilines is 2. The van der Waals surface area contributed by atoms with Crippen LogP contribution in [0.15, 0.2) is 61.4 Å². The predicted octanol–water partition coefficient (Wildman–Crippen LogP) is 4.43. The van der Waals surface area contributed by atoms with E-state index in [2.05, 4.69) is 25.3 Å². The Morgan fingerprint density at radius 2 is 1.85 bits per heavy atom. The molecule has 0 aliphatic carbocycles. The Hall–Kier alpha value is -3.91. The Kier molecular flexibility index (Phi) is 5.02. The second kappa shape index (κ2) is 7.90. The minimum absolute atomic E-state index is 0.0141. The summed E-state index contributed by atoms with van der Waals surface area (Å²) in [5.74, 6) is -0.368. The van der Waals surface area contributed by atoms with Gasteiger partial charge in [-0.2, -0.15) is 0 Å². The van der Waals surface area contributed by atoms with E-state index in [0.29, 0.717) is 28.9 Å². The standard InChI is InChI=1S/C24H18ClFN6O/c1-24(7-13-8-28-12-29-9-13)17-5-15(14-2-3-19(26)18(25)6-14)4-16(22(17)32-23(24)33)20-10-31-21(27)11-30-20/h2-6,8-12H,7H2,1H3,(H2,27,31)(H,32,33). The van der Waals surface area contributed by atoms with Crippen LogP contribution in [0.1, 0.15) is 18.1 Å². The topological polar surface area (TPSA) is 107 Å². The zero-order valence-electron chi connectivity index (χ0n) is 17.5. The first-order chi connectivity index (χ1) is 15.8. The summed E-state index contributed by atoms with van der Waals surface area (Å²) in [6, 6.07) is 8.32. The highest BCUT2D eigenvalue weighted by molar-refractivity contribution is 6.31. The second-order valence-electron chi connectivity index (χ2n) is 8.11. The fourth-order valence-electron chi connectivity index (χ4n) is 4.11. The molecular formula is C24H18ClFN6O. The average Bonchev–Trinajstić information content (AvgIpc) is 3.06. The van der Waals surface area contributed by atoms with Crippen LogP contribution in [-0.4, -0.2) is 25.8 Å². The monoisotopic (exact) mass is 460 g/mol. The lowest BCUT2D eigenvalue weighted by Gasteiger charge is -2.23. The molecule has 0 saturated heterocycles. The lowest BCUT2D eigenvalue weighted by molar-refractivity contribution is -0.120. The third-order valence-electron chi connectivity index (χ3n) is 5.84. The van der Waals surface area contributed by atoms with Crippen molar-refractivity contribution >= 4 is 29.0 Å². The van der Waals surface area contributed by atoms with Crippen molar-refractivity contribution in [1.82, 2.24) is 19.9 Å². The third-order valence-corrected chi connectivity index (χ3v) is 6.13. The maximum Gasteiger partial charge on any atom is 0.235 e. The number of nitrogen functional groups attached to an aromatic ring is 1. The molecule has 3 N–H and O–H groups in total. The van der Waals surface area contributed by atoms with Crippen LogP contribution >= 0.6 is 11.6 Å². The summed E-state index contributed by atoms with van der Waals surface area (Å²) in [6.45, 7) is 1.88. The third kappa shape index (κ3) is 3.68. The molecule has 2 aromatic heterocycles. The van der Waals surface area contributed by atoms with Crippen LogP contribution in [0.4, 0.5) is 15.9 Å². The number of hydrogen-bond acceptors (Lipinski definition) is 6. The van der Waals surface area contributed by atoms with E-state index < -0.39 is 11.2 Å². The second-order valence-corrected chi connectivity index (χ2v) is 8.52. The normalized spacial score (nSPS) is 17.0. The summed E-state index contributed by atoms with van der Waals surface area (Å²) in [4.78, 5) is 30.0. The lowest BCUT2D eigenvalue weighted by Crippen LogP contribution is -2.33. The minimum atomic E-state index is -0.893. The molecule has 9 heteroatoms. The molecule has 5 rings (SSSR count). The van der Waals surface area contributed by atoms with Gasteiger partial charge in [-0.05, 0) is 59.9 Å². The van der Waals surface area contributed by atoms with Gasteiger partial charge in [0.15, 0.2) is 0 Å². The molecule has 1 atom stereocenters. The molecule has 2 aromatic carbocycles. The van der Waals surface area contributed by atoms with Crippen LogP contribution in [0, 0.1) is 5.82 Å². The van der Waals surface area contributed by atoms with Crippen LogP contribution < -0.4 is 11.1 Å². The average molecular weight is 461 g/mol. The summed E-state index contributed by atoms with van der Waals surface area (Å²) in [5, 5.41) is 3.04. The van der Waals surface area contributed by atoms with Crippen molar-refractivity contribution in [2.45, 2.75) is 18.8 Å². The van der Waals surface area contributed by atoms with Crippen molar-refractivity contribution in [3.63, 3.8) is 0 Å². The Balaban J connectivity index is 1.73. The largest absolute Gasteiger partial charge is 0.382 e. The van der Waals surface area contributed by atoms with Crippen molar-refractivity contribution in [2.75, 3.05) is 11.1 Å². The quantitative estimate of drug-likeness (QED) is 0.466. The number of carbonyl (C=O) groups is 1. The number of nitrogens with two attached hydrogens (primary N) is 1. The molecule has 0 saturated carbocycles. The molecule has 1 unspecified atom stereocenters. The van der Waals surface area contributed by atoms with Crippen LogP contribution in [0.5, 0.6) is 0 Å². The van der Waals surface area contributed by atoms with E-state index in [1.54, 1.807) is 30.7 Å². The minimum Gasteiger partial charge on any atom is -0.382 e. The van der Waals surface area contributed by atoms with Gasteiger partial charge in [0.2, 0.25) is 5.91 Å². The van der Waals surface area contributed by atoms with Gasteiger partial charge in [-0.15, -0.1) is 0 Å². The smallest absolute Gasteiger partial charge is 0.235 e. The van der Waals surface area contributed by atoms with Gasteiger partial charge in [-0.3, -0.25) is 9.78 Å². The number of nitrogens with one attached hydrogen (secondary N) is 1. The van der Waals surface area contributed by atoms with E-state index in [-0.39, 0.29) is 16.7 Å². The molecule has 4 aromatic rings. The van der Waals surface area contributed by atoms with Crippen molar-refractivity contribution in [3.8, 4) is 22.4 Å². The van der Waals surface area contributed by atoms with Gasteiger partial charge >= 0.3 is 0 Å². The van der Waals surface area contributed by atoms with Gasteiger partial charge in [0, 0.05) is 18.0 Å². The number of nitrogens with zero attached hydrogens (tertiary/aromatic N) is 4. The van der Waals surface area contributed by atoms with E-state index in [9.17, 15) is 9.18 Å². The molecule has 0 spiro atoms. The zero-order valence-corrected chi connectivity index (χ0v) is 18.3. The Morgan fingerprint density at radius 3 is 2.55 bits per heavy atom. The van der Waals surface area contributed by atoms with E-state index in [1.165, 1.54) is 18.6 Å². The first kappa shape index (κ1) is 21.0. The first-order valence-electron chi connectivity index (χ1n) is 10.1. The first-order valence-corrected chi connectivity index (χ1v) is 10.5. The SMILES string of the molecule is CC1(Cc2cncnc2)C(=O)Nc2c(-c3cnc(N)cn3)cc(-c3ccc(F)c(Cl)c3)cc21. The van der Waals surface area contributed by atoms with Gasteiger partial charge < -0.3 is 11.1 Å². The molecule has 7 nitrogen and oxygen atoms in total. The fourth-order valence-corrected chi connectivity index (χ4v) is 4.29. The Bertz CT molecular complexity index is 1380. The molecule has 1 amide bonds. The van der Waals surface area contributed by atoms with Crippen LogP contribution in [0.25, 0.3) is 22.4 Å². The van der Waals surface area contributed by atoms with Gasteiger partial charge in [-0.1, -0.05) is 17.7 Å². The molecule has 0 bridgehead atoms. The van der Waals surface area contributed by atoms with Crippen LogP contribution in [0.2, 0.25) is 5.02 Å². The lowest BCUT2D eigenvalue weighted by atomic mass is 9.77. The molecular weight excluding hydrogens is 443 g/mol. The predicted molar refractivity (Wildman–Crippen MR) is 124 cm³/mol. The number of aromatic nitrogens is 4. The van der Waals surface area contributed by atoms with E-state index in [4.69, 9.17) is 17.3 Å². The number of rotatable bonds is 4. The number of benzene rings is 2. The number of amides is 1. The molecule has 33 heavy (non-hydrogen) atoms. The van der Waals surface area contributed by atoms with E-state index in [1.807, 2.05) is 19.1 Å². The summed E-state index contributed by atoms with van der Waals surface area (Å²) < 4.78 is 13.8. The molecule has 0 fully saturated rings. The highest BCUT2D eigenvalue weighted by Crippen LogP contribution is 2.47. The molecule has 3 heterocycles.